The zero-order valence-corrected chi connectivity index (χ0v) is 14.7. The molecule has 1 aliphatic rings. The molecule has 0 aliphatic carbocycles. The summed E-state index contributed by atoms with van der Waals surface area (Å²) in [5.74, 6) is 0.461. The first-order chi connectivity index (χ1) is 10.8. The zero-order chi connectivity index (χ0) is 16.9. The average Bonchev–Trinajstić information content (AvgIpc) is 2.52. The van der Waals surface area contributed by atoms with E-state index in [1.807, 2.05) is 39.1 Å². The number of hydrogen-bond acceptors (Lipinski definition) is 4. The molecule has 1 aromatic heterocycles. The van der Waals surface area contributed by atoms with Crippen LogP contribution in [0.25, 0.3) is 0 Å². The van der Waals surface area contributed by atoms with E-state index in [4.69, 9.17) is 4.74 Å². The van der Waals surface area contributed by atoms with Gasteiger partial charge in [0.25, 0.3) is 0 Å². The van der Waals surface area contributed by atoms with Gasteiger partial charge >= 0.3 is 6.09 Å². The molecule has 2 rings (SSSR count). The van der Waals surface area contributed by atoms with Gasteiger partial charge < -0.3 is 10.1 Å². The second kappa shape index (κ2) is 7.77. The van der Waals surface area contributed by atoms with Crippen molar-refractivity contribution < 1.29 is 9.53 Å². The Morgan fingerprint density at radius 1 is 1.48 bits per heavy atom. The summed E-state index contributed by atoms with van der Waals surface area (Å²) in [5, 5.41) is 2.90. The second-order valence-corrected chi connectivity index (χ2v) is 7.32. The fraction of sp³-hybridized carbons (Fsp3) is 0.667. The summed E-state index contributed by atoms with van der Waals surface area (Å²) >= 11 is 0. The summed E-state index contributed by atoms with van der Waals surface area (Å²) in [7, 11) is 0. The maximum atomic E-state index is 11.8. The summed E-state index contributed by atoms with van der Waals surface area (Å²) in [4.78, 5) is 18.7. The van der Waals surface area contributed by atoms with Gasteiger partial charge in [-0.05, 0) is 65.1 Å². The van der Waals surface area contributed by atoms with Crippen molar-refractivity contribution in [1.82, 2.24) is 15.2 Å². The highest BCUT2D eigenvalue weighted by molar-refractivity contribution is 5.67. The monoisotopic (exact) mass is 319 g/mol. The molecule has 0 radical (unpaired) electrons. The normalized spacial score (nSPS) is 20.8. The molecule has 5 nitrogen and oxygen atoms in total. The largest absolute Gasteiger partial charge is 0.444 e. The number of amides is 1. The second-order valence-electron chi connectivity index (χ2n) is 7.32. The molecule has 1 N–H and O–H groups in total. The van der Waals surface area contributed by atoms with Crippen LogP contribution >= 0.6 is 0 Å². The molecular weight excluding hydrogens is 290 g/mol. The summed E-state index contributed by atoms with van der Waals surface area (Å²) in [6.45, 7) is 10.6. The van der Waals surface area contributed by atoms with Crippen LogP contribution in [0, 0.1) is 5.92 Å². The third kappa shape index (κ3) is 5.82. The molecule has 1 amide bonds. The molecule has 2 atom stereocenters. The molecule has 0 saturated carbocycles. The van der Waals surface area contributed by atoms with Crippen molar-refractivity contribution in [2.24, 2.45) is 5.92 Å². The van der Waals surface area contributed by atoms with E-state index in [1.54, 1.807) is 0 Å². The van der Waals surface area contributed by atoms with Crippen LogP contribution in [-0.2, 0) is 4.74 Å². The lowest BCUT2D eigenvalue weighted by atomic mass is 9.96. The summed E-state index contributed by atoms with van der Waals surface area (Å²) < 4.78 is 5.30. The van der Waals surface area contributed by atoms with Gasteiger partial charge in [0.1, 0.15) is 5.60 Å². The highest BCUT2D eigenvalue weighted by Crippen LogP contribution is 2.25. The Hall–Kier alpha value is -1.62. The van der Waals surface area contributed by atoms with Gasteiger partial charge in [-0.3, -0.25) is 9.88 Å². The van der Waals surface area contributed by atoms with Crippen molar-refractivity contribution in [2.75, 3.05) is 19.6 Å². The highest BCUT2D eigenvalue weighted by atomic mass is 16.6. The Balaban J connectivity index is 1.83. The minimum Gasteiger partial charge on any atom is -0.444 e. The van der Waals surface area contributed by atoms with Crippen molar-refractivity contribution in [3.8, 4) is 0 Å². The van der Waals surface area contributed by atoms with Crippen molar-refractivity contribution in [2.45, 2.75) is 52.2 Å². The Bertz CT molecular complexity index is 499. The minimum atomic E-state index is -0.448. The molecule has 0 unspecified atom stereocenters. The number of nitrogens with one attached hydrogen (secondary N) is 1. The molecular formula is C18H29N3O2. The third-order valence-electron chi connectivity index (χ3n) is 4.15. The fourth-order valence-corrected chi connectivity index (χ4v) is 2.97. The van der Waals surface area contributed by atoms with E-state index in [0.29, 0.717) is 18.5 Å². The van der Waals surface area contributed by atoms with Crippen LogP contribution in [0.3, 0.4) is 0 Å². The SMILES string of the molecule is C[C@@H](c1ccccn1)N1CCC[C@@H](CNC(=O)OC(C)(C)C)C1. The number of rotatable bonds is 4. The van der Waals surface area contributed by atoms with Gasteiger partial charge in [0.05, 0.1) is 5.69 Å². The topological polar surface area (TPSA) is 54.5 Å². The predicted octanol–water partition coefficient (Wildman–Crippen LogP) is 3.38. The van der Waals surface area contributed by atoms with Crippen molar-refractivity contribution in [1.29, 1.82) is 0 Å². The van der Waals surface area contributed by atoms with E-state index in [-0.39, 0.29) is 6.09 Å². The van der Waals surface area contributed by atoms with Gasteiger partial charge in [-0.25, -0.2) is 4.79 Å². The van der Waals surface area contributed by atoms with E-state index < -0.39 is 5.60 Å². The number of carbonyl (C=O) groups excluding carboxylic acids is 1. The predicted molar refractivity (Wildman–Crippen MR) is 91.2 cm³/mol. The maximum absolute atomic E-state index is 11.8. The number of likely N-dealkylation sites (tertiary alicyclic amines) is 1. The number of ether oxygens (including phenoxy) is 1. The van der Waals surface area contributed by atoms with Crippen LogP contribution in [0.1, 0.15) is 52.3 Å². The lowest BCUT2D eigenvalue weighted by Crippen LogP contribution is -2.43. The Labute approximate surface area is 139 Å². The number of hydrogen-bond donors (Lipinski definition) is 1. The van der Waals surface area contributed by atoms with Gasteiger partial charge in [-0.15, -0.1) is 0 Å². The summed E-state index contributed by atoms with van der Waals surface area (Å²) in [6.07, 6.45) is 3.81. The first-order valence-corrected chi connectivity index (χ1v) is 8.47. The zero-order valence-electron chi connectivity index (χ0n) is 14.7. The van der Waals surface area contributed by atoms with Crippen molar-refractivity contribution in [3.05, 3.63) is 30.1 Å². The Morgan fingerprint density at radius 2 is 2.26 bits per heavy atom. The fourth-order valence-electron chi connectivity index (χ4n) is 2.97. The quantitative estimate of drug-likeness (QED) is 0.924. The summed E-state index contributed by atoms with van der Waals surface area (Å²) in [6, 6.07) is 6.36. The van der Waals surface area contributed by atoms with Gasteiger partial charge in [0.15, 0.2) is 0 Å². The Morgan fingerprint density at radius 3 is 2.91 bits per heavy atom. The highest BCUT2D eigenvalue weighted by Gasteiger charge is 2.25. The van der Waals surface area contributed by atoms with Crippen LogP contribution in [0.4, 0.5) is 4.79 Å². The van der Waals surface area contributed by atoms with Crippen LogP contribution in [-0.4, -0.2) is 41.2 Å². The molecule has 0 bridgehead atoms. The van der Waals surface area contributed by atoms with Gasteiger partial charge in [-0.2, -0.15) is 0 Å². The molecule has 1 aromatic rings. The first kappa shape index (κ1) is 17.7. The van der Waals surface area contributed by atoms with Gasteiger partial charge in [0, 0.05) is 25.3 Å². The van der Waals surface area contributed by atoms with Crippen LogP contribution in [0.15, 0.2) is 24.4 Å². The van der Waals surface area contributed by atoms with E-state index in [0.717, 1.165) is 31.6 Å². The summed E-state index contributed by atoms with van der Waals surface area (Å²) in [5.41, 5.74) is 0.657. The molecule has 1 saturated heterocycles. The van der Waals surface area contributed by atoms with E-state index in [1.165, 1.54) is 0 Å². The van der Waals surface area contributed by atoms with Crippen LogP contribution in [0.2, 0.25) is 0 Å². The first-order valence-electron chi connectivity index (χ1n) is 8.47. The molecule has 128 valence electrons. The average molecular weight is 319 g/mol. The molecule has 0 aromatic carbocycles. The minimum absolute atomic E-state index is 0.306. The molecule has 5 heteroatoms. The van der Waals surface area contributed by atoms with Crippen LogP contribution in [0.5, 0.6) is 0 Å². The van der Waals surface area contributed by atoms with E-state index in [2.05, 4.69) is 28.2 Å². The number of nitrogens with zero attached hydrogens (tertiary/aromatic N) is 2. The molecule has 1 fully saturated rings. The molecule has 2 heterocycles. The lowest BCUT2D eigenvalue weighted by molar-refractivity contribution is 0.0500. The van der Waals surface area contributed by atoms with E-state index >= 15 is 0 Å². The van der Waals surface area contributed by atoms with Gasteiger partial charge in [-0.1, -0.05) is 6.07 Å². The number of alkyl carbamates (subject to hydrolysis) is 1. The molecule has 1 aliphatic heterocycles. The molecule has 0 spiro atoms. The van der Waals surface area contributed by atoms with Crippen molar-refractivity contribution >= 4 is 6.09 Å². The van der Waals surface area contributed by atoms with Crippen LogP contribution < -0.4 is 5.32 Å². The molecule has 23 heavy (non-hydrogen) atoms. The van der Waals surface area contributed by atoms with E-state index in [9.17, 15) is 4.79 Å². The maximum Gasteiger partial charge on any atom is 0.407 e. The van der Waals surface area contributed by atoms with Gasteiger partial charge in [0.2, 0.25) is 0 Å². The Kier molecular flexibility index (Phi) is 5.99. The number of carbonyl (C=O) groups is 1. The number of pyridine rings is 1. The smallest absolute Gasteiger partial charge is 0.407 e. The number of aromatic nitrogens is 1. The third-order valence-corrected chi connectivity index (χ3v) is 4.15. The standard InChI is InChI=1S/C18H29N3O2/c1-14(16-9-5-6-10-19-16)21-11-7-8-15(13-21)12-20-17(22)23-18(2,3)4/h5-6,9-10,14-15H,7-8,11-13H2,1-4H3,(H,20,22)/t14-,15-/m0/s1. The van der Waals surface area contributed by atoms with Crippen molar-refractivity contribution in [3.63, 3.8) is 0 Å². The lowest BCUT2D eigenvalue weighted by Gasteiger charge is -2.36. The number of piperidine rings is 1.